The van der Waals surface area contributed by atoms with Gasteiger partial charge in [0.15, 0.2) is 0 Å². The summed E-state index contributed by atoms with van der Waals surface area (Å²) in [5, 5.41) is 0.0984. The number of halogens is 3. The zero-order valence-corrected chi connectivity index (χ0v) is 12.4. The Labute approximate surface area is 127 Å². The maximum absolute atomic E-state index is 13.9. The molecule has 0 fully saturated rings. The molecule has 0 amide bonds. The van der Waals surface area contributed by atoms with Crippen molar-refractivity contribution in [2.45, 2.75) is 25.8 Å². The molecule has 2 aromatic rings. The molecule has 21 heavy (non-hydrogen) atoms. The van der Waals surface area contributed by atoms with Gasteiger partial charge in [-0.25, -0.2) is 8.78 Å². The molecule has 0 aliphatic rings. The van der Waals surface area contributed by atoms with Crippen molar-refractivity contribution in [3.63, 3.8) is 0 Å². The average molecular weight is 311 g/mol. The SMILES string of the molecule is Cc1cc(F)ccc1CC(Cc1cccc(Cl)c1F)NN. The molecule has 0 heterocycles. The van der Waals surface area contributed by atoms with Crippen LogP contribution in [-0.2, 0) is 12.8 Å². The highest BCUT2D eigenvalue weighted by molar-refractivity contribution is 6.30. The summed E-state index contributed by atoms with van der Waals surface area (Å²) in [5.41, 5.74) is 5.01. The van der Waals surface area contributed by atoms with Gasteiger partial charge in [-0.05, 0) is 54.7 Å². The van der Waals surface area contributed by atoms with Gasteiger partial charge in [0, 0.05) is 6.04 Å². The van der Waals surface area contributed by atoms with E-state index in [9.17, 15) is 8.78 Å². The molecule has 0 aliphatic carbocycles. The number of rotatable bonds is 5. The van der Waals surface area contributed by atoms with Gasteiger partial charge in [-0.15, -0.1) is 0 Å². The van der Waals surface area contributed by atoms with E-state index in [0.29, 0.717) is 18.4 Å². The van der Waals surface area contributed by atoms with Crippen molar-refractivity contribution in [3.05, 3.63) is 69.7 Å². The van der Waals surface area contributed by atoms with E-state index in [1.165, 1.54) is 18.2 Å². The molecule has 112 valence electrons. The summed E-state index contributed by atoms with van der Waals surface area (Å²) in [5.74, 6) is 4.87. The van der Waals surface area contributed by atoms with Crippen molar-refractivity contribution in [1.29, 1.82) is 0 Å². The van der Waals surface area contributed by atoms with Gasteiger partial charge in [-0.2, -0.15) is 0 Å². The minimum absolute atomic E-state index is 0.0984. The minimum Gasteiger partial charge on any atom is -0.271 e. The fourth-order valence-corrected chi connectivity index (χ4v) is 2.51. The normalized spacial score (nSPS) is 12.4. The molecule has 0 saturated carbocycles. The van der Waals surface area contributed by atoms with E-state index >= 15 is 0 Å². The van der Waals surface area contributed by atoms with E-state index in [1.54, 1.807) is 18.2 Å². The zero-order valence-electron chi connectivity index (χ0n) is 11.7. The highest BCUT2D eigenvalue weighted by Gasteiger charge is 2.14. The molecule has 0 bridgehead atoms. The summed E-state index contributed by atoms with van der Waals surface area (Å²) in [4.78, 5) is 0. The van der Waals surface area contributed by atoms with Crippen LogP contribution < -0.4 is 11.3 Å². The highest BCUT2D eigenvalue weighted by atomic mass is 35.5. The van der Waals surface area contributed by atoms with Crippen molar-refractivity contribution >= 4 is 11.6 Å². The second-order valence-corrected chi connectivity index (χ2v) is 5.46. The summed E-state index contributed by atoms with van der Waals surface area (Å²) in [7, 11) is 0. The molecule has 0 aromatic heterocycles. The number of benzene rings is 2. The van der Waals surface area contributed by atoms with Gasteiger partial charge in [0.05, 0.1) is 5.02 Å². The first-order valence-corrected chi connectivity index (χ1v) is 7.03. The maximum atomic E-state index is 13.9. The molecule has 0 saturated heterocycles. The number of hydrogen-bond acceptors (Lipinski definition) is 2. The summed E-state index contributed by atoms with van der Waals surface area (Å²) >= 11 is 5.77. The molecule has 0 radical (unpaired) electrons. The summed E-state index contributed by atoms with van der Waals surface area (Å²) in [6.07, 6.45) is 0.980. The largest absolute Gasteiger partial charge is 0.271 e. The Hall–Kier alpha value is -1.49. The van der Waals surface area contributed by atoms with Crippen molar-refractivity contribution in [3.8, 4) is 0 Å². The first kappa shape index (κ1) is 15.9. The van der Waals surface area contributed by atoms with Crippen LogP contribution >= 0.6 is 11.6 Å². The molecule has 3 N–H and O–H groups in total. The Morgan fingerprint density at radius 3 is 2.52 bits per heavy atom. The van der Waals surface area contributed by atoms with Crippen LogP contribution in [0, 0.1) is 18.6 Å². The number of nitrogens with two attached hydrogens (primary N) is 1. The molecule has 1 atom stereocenters. The van der Waals surface area contributed by atoms with Crippen molar-refractivity contribution < 1.29 is 8.78 Å². The Morgan fingerprint density at radius 2 is 1.86 bits per heavy atom. The second-order valence-electron chi connectivity index (χ2n) is 5.06. The van der Waals surface area contributed by atoms with Gasteiger partial charge < -0.3 is 0 Å². The number of nitrogens with one attached hydrogen (secondary N) is 1. The van der Waals surface area contributed by atoms with E-state index in [2.05, 4.69) is 5.43 Å². The van der Waals surface area contributed by atoms with Gasteiger partial charge >= 0.3 is 0 Å². The van der Waals surface area contributed by atoms with Crippen LogP contribution in [-0.4, -0.2) is 6.04 Å². The van der Waals surface area contributed by atoms with E-state index in [-0.39, 0.29) is 16.9 Å². The third-order valence-corrected chi connectivity index (χ3v) is 3.80. The monoisotopic (exact) mass is 310 g/mol. The van der Waals surface area contributed by atoms with E-state index < -0.39 is 5.82 Å². The van der Waals surface area contributed by atoms with Crippen LogP contribution in [0.5, 0.6) is 0 Å². The lowest BCUT2D eigenvalue weighted by molar-refractivity contribution is 0.505. The van der Waals surface area contributed by atoms with E-state index in [4.69, 9.17) is 17.4 Å². The molecule has 2 aromatic carbocycles. The fraction of sp³-hybridized carbons (Fsp3) is 0.250. The third-order valence-electron chi connectivity index (χ3n) is 3.50. The Kier molecular flexibility index (Phi) is 5.28. The first-order valence-electron chi connectivity index (χ1n) is 6.65. The number of hydrazine groups is 1. The molecule has 0 spiro atoms. The van der Waals surface area contributed by atoms with Gasteiger partial charge in [0.2, 0.25) is 0 Å². The van der Waals surface area contributed by atoms with Gasteiger partial charge in [-0.1, -0.05) is 29.8 Å². The predicted molar refractivity (Wildman–Crippen MR) is 81.1 cm³/mol. The molecular formula is C16H17ClF2N2. The molecule has 2 rings (SSSR count). The van der Waals surface area contributed by atoms with Crippen LogP contribution in [0.2, 0.25) is 5.02 Å². The van der Waals surface area contributed by atoms with Crippen LogP contribution in [0.1, 0.15) is 16.7 Å². The van der Waals surface area contributed by atoms with Crippen LogP contribution in [0.3, 0.4) is 0 Å². The smallest absolute Gasteiger partial charge is 0.145 e. The Balaban J connectivity index is 2.15. The Bertz CT molecular complexity index is 632. The minimum atomic E-state index is -0.421. The van der Waals surface area contributed by atoms with Crippen molar-refractivity contribution in [2.75, 3.05) is 0 Å². The molecule has 2 nitrogen and oxygen atoms in total. The van der Waals surface area contributed by atoms with Crippen molar-refractivity contribution in [2.24, 2.45) is 5.84 Å². The fourth-order valence-electron chi connectivity index (χ4n) is 2.32. The standard InChI is InChI=1S/C16H17ClF2N2/c1-10-7-13(18)6-5-11(10)8-14(21-20)9-12-3-2-4-15(17)16(12)19/h2-7,14,21H,8-9,20H2,1H3. The van der Waals surface area contributed by atoms with Crippen LogP contribution in [0.4, 0.5) is 8.78 Å². The third kappa shape index (κ3) is 4.00. The van der Waals surface area contributed by atoms with Crippen LogP contribution in [0.15, 0.2) is 36.4 Å². The van der Waals surface area contributed by atoms with Gasteiger partial charge in [-0.3, -0.25) is 11.3 Å². The summed E-state index contributed by atoms with van der Waals surface area (Å²) in [6.45, 7) is 1.84. The van der Waals surface area contributed by atoms with Crippen LogP contribution in [0.25, 0.3) is 0 Å². The van der Waals surface area contributed by atoms with E-state index in [0.717, 1.165) is 11.1 Å². The molecule has 1 unspecified atom stereocenters. The maximum Gasteiger partial charge on any atom is 0.145 e. The molecule has 5 heteroatoms. The lowest BCUT2D eigenvalue weighted by Gasteiger charge is -2.18. The Morgan fingerprint density at radius 1 is 1.14 bits per heavy atom. The van der Waals surface area contributed by atoms with Gasteiger partial charge in [0.25, 0.3) is 0 Å². The average Bonchev–Trinajstić information content (AvgIpc) is 2.45. The zero-order chi connectivity index (χ0) is 15.4. The van der Waals surface area contributed by atoms with E-state index in [1.807, 2.05) is 6.92 Å². The second kappa shape index (κ2) is 6.98. The summed E-state index contributed by atoms with van der Waals surface area (Å²) in [6, 6.07) is 9.35. The molecule has 0 aliphatic heterocycles. The first-order chi connectivity index (χ1) is 10.0. The van der Waals surface area contributed by atoms with Crippen molar-refractivity contribution in [1.82, 2.24) is 5.43 Å². The lowest BCUT2D eigenvalue weighted by Crippen LogP contribution is -2.38. The highest BCUT2D eigenvalue weighted by Crippen LogP contribution is 2.20. The number of aryl methyl sites for hydroxylation is 1. The number of hydrogen-bond donors (Lipinski definition) is 2. The quantitative estimate of drug-likeness (QED) is 0.655. The molecular weight excluding hydrogens is 294 g/mol. The predicted octanol–water partition coefficient (Wildman–Crippen LogP) is 3.54. The topological polar surface area (TPSA) is 38.0 Å². The summed E-state index contributed by atoms with van der Waals surface area (Å²) < 4.78 is 27.0. The lowest BCUT2D eigenvalue weighted by atomic mass is 9.96. The van der Waals surface area contributed by atoms with Gasteiger partial charge in [0.1, 0.15) is 11.6 Å².